The van der Waals surface area contributed by atoms with E-state index in [4.69, 9.17) is 15.2 Å². The van der Waals surface area contributed by atoms with Gasteiger partial charge in [-0.25, -0.2) is 9.59 Å². The maximum atomic E-state index is 13.1. The molecular formula is C24H35N5O6. The van der Waals surface area contributed by atoms with Crippen molar-refractivity contribution in [2.75, 3.05) is 49.4 Å². The number of aromatic amines is 1. The first-order valence-electron chi connectivity index (χ1n) is 11.8. The van der Waals surface area contributed by atoms with Crippen LogP contribution in [0.15, 0.2) is 33.9 Å². The number of rotatable bonds is 14. The van der Waals surface area contributed by atoms with Gasteiger partial charge in [-0.3, -0.25) is 24.0 Å². The number of H-pyrrole nitrogens is 1. The van der Waals surface area contributed by atoms with Crippen LogP contribution in [0, 0.1) is 0 Å². The van der Waals surface area contributed by atoms with E-state index in [-0.39, 0.29) is 31.2 Å². The molecule has 0 saturated carbocycles. The summed E-state index contributed by atoms with van der Waals surface area (Å²) in [4.78, 5) is 54.0. The fourth-order valence-corrected chi connectivity index (χ4v) is 3.42. The van der Waals surface area contributed by atoms with E-state index in [0.717, 1.165) is 24.2 Å². The molecule has 0 fully saturated rings. The van der Waals surface area contributed by atoms with Gasteiger partial charge in [0.05, 0.1) is 12.2 Å². The van der Waals surface area contributed by atoms with Crippen LogP contribution >= 0.6 is 0 Å². The number of unbranched alkanes of at least 4 members (excludes halogenated alkanes) is 2. The van der Waals surface area contributed by atoms with Crippen molar-refractivity contribution >= 4 is 29.1 Å². The highest BCUT2D eigenvalue weighted by Gasteiger charge is 2.25. The molecule has 0 aliphatic carbocycles. The van der Waals surface area contributed by atoms with Crippen LogP contribution in [0.3, 0.4) is 0 Å². The van der Waals surface area contributed by atoms with Crippen LogP contribution < -0.4 is 27.2 Å². The van der Waals surface area contributed by atoms with Gasteiger partial charge in [-0.1, -0.05) is 38.8 Å². The van der Waals surface area contributed by atoms with Gasteiger partial charge in [0.2, 0.25) is 0 Å². The second-order valence-electron chi connectivity index (χ2n) is 7.94. The molecule has 2 rings (SSSR count). The summed E-state index contributed by atoms with van der Waals surface area (Å²) in [5.41, 5.74) is 5.42. The van der Waals surface area contributed by atoms with E-state index in [1.807, 2.05) is 6.92 Å². The average Bonchev–Trinajstić information content (AvgIpc) is 2.84. The van der Waals surface area contributed by atoms with Crippen LogP contribution in [-0.4, -0.2) is 54.8 Å². The summed E-state index contributed by atoms with van der Waals surface area (Å²) in [6.45, 7) is 4.44. The number of para-hydroxylation sites is 1. The SMILES string of the molecule is CCCCNc1ccccc1C(=O)OCC(=O)N(CCOC)c1c(N)n(CCCC)c(=O)[nH]c1=O. The van der Waals surface area contributed by atoms with E-state index in [2.05, 4.69) is 17.2 Å². The van der Waals surface area contributed by atoms with E-state index < -0.39 is 29.7 Å². The first kappa shape index (κ1) is 27.6. The predicted molar refractivity (Wildman–Crippen MR) is 135 cm³/mol. The van der Waals surface area contributed by atoms with E-state index >= 15 is 0 Å². The molecule has 192 valence electrons. The number of ether oxygens (including phenoxy) is 2. The van der Waals surface area contributed by atoms with Crippen molar-refractivity contribution in [2.24, 2.45) is 0 Å². The number of nitrogens with two attached hydrogens (primary N) is 1. The molecular weight excluding hydrogens is 454 g/mol. The van der Waals surface area contributed by atoms with Crippen LogP contribution in [0.4, 0.5) is 17.2 Å². The Kier molecular flexibility index (Phi) is 11.0. The molecule has 1 aromatic carbocycles. The first-order valence-corrected chi connectivity index (χ1v) is 11.8. The number of nitrogens with zero attached hydrogens (tertiary/aromatic N) is 2. The summed E-state index contributed by atoms with van der Waals surface area (Å²) in [6.07, 6.45) is 3.40. The lowest BCUT2D eigenvalue weighted by Gasteiger charge is -2.24. The lowest BCUT2D eigenvalue weighted by atomic mass is 10.1. The highest BCUT2D eigenvalue weighted by molar-refractivity contribution is 6.00. The molecule has 35 heavy (non-hydrogen) atoms. The summed E-state index contributed by atoms with van der Waals surface area (Å²) in [6, 6.07) is 6.87. The van der Waals surface area contributed by atoms with Gasteiger partial charge in [-0.05, 0) is 25.0 Å². The maximum Gasteiger partial charge on any atom is 0.340 e. The van der Waals surface area contributed by atoms with Gasteiger partial charge >= 0.3 is 11.7 Å². The second kappa shape index (κ2) is 14.0. The predicted octanol–water partition coefficient (Wildman–Crippen LogP) is 1.97. The molecule has 0 aliphatic heterocycles. The second-order valence-corrected chi connectivity index (χ2v) is 7.94. The molecule has 1 heterocycles. The summed E-state index contributed by atoms with van der Waals surface area (Å²) >= 11 is 0. The number of esters is 1. The zero-order valence-electron chi connectivity index (χ0n) is 20.6. The van der Waals surface area contributed by atoms with Gasteiger partial charge in [0.15, 0.2) is 12.3 Å². The number of nitrogen functional groups attached to an aromatic ring is 1. The number of carbonyl (C=O) groups excluding carboxylic acids is 2. The quantitative estimate of drug-likeness (QED) is 0.269. The number of hydrogen-bond acceptors (Lipinski definition) is 8. The summed E-state index contributed by atoms with van der Waals surface area (Å²) in [5, 5.41) is 3.20. The van der Waals surface area contributed by atoms with Gasteiger partial charge in [-0.15, -0.1) is 0 Å². The normalized spacial score (nSPS) is 10.7. The Hall–Kier alpha value is -3.60. The van der Waals surface area contributed by atoms with Gasteiger partial charge in [-0.2, -0.15) is 0 Å². The highest BCUT2D eigenvalue weighted by Crippen LogP contribution is 2.19. The number of amides is 1. The highest BCUT2D eigenvalue weighted by atomic mass is 16.5. The number of carbonyl (C=O) groups is 2. The molecule has 0 bridgehead atoms. The standard InChI is InChI=1S/C24H35N5O6/c1-4-6-12-26-18-11-9-8-10-17(18)23(32)35-16-19(30)28(14-15-34-3)20-21(25)29(13-7-5-2)24(33)27-22(20)31/h8-11,26H,4-7,12-16,25H2,1-3H3,(H,27,31,33). The maximum absolute atomic E-state index is 13.1. The number of benzene rings is 1. The molecule has 4 N–H and O–H groups in total. The fourth-order valence-electron chi connectivity index (χ4n) is 3.42. The van der Waals surface area contributed by atoms with Crippen molar-refractivity contribution < 1.29 is 19.1 Å². The molecule has 1 amide bonds. The Bertz CT molecular complexity index is 1110. The minimum absolute atomic E-state index is 0.0265. The molecule has 2 aromatic rings. The number of hydrogen-bond donors (Lipinski definition) is 3. The van der Waals surface area contributed by atoms with E-state index in [1.165, 1.54) is 11.7 Å². The van der Waals surface area contributed by atoms with Crippen LogP contribution in [0.5, 0.6) is 0 Å². The van der Waals surface area contributed by atoms with Gasteiger partial charge in [0.1, 0.15) is 5.82 Å². The van der Waals surface area contributed by atoms with Crippen molar-refractivity contribution in [3.63, 3.8) is 0 Å². The van der Waals surface area contributed by atoms with Crippen LogP contribution in [0.25, 0.3) is 0 Å². The van der Waals surface area contributed by atoms with Crippen molar-refractivity contribution in [3.05, 3.63) is 50.7 Å². The minimum Gasteiger partial charge on any atom is -0.452 e. The molecule has 0 aliphatic rings. The number of anilines is 3. The molecule has 0 spiro atoms. The summed E-state index contributed by atoms with van der Waals surface area (Å²) in [7, 11) is 1.45. The minimum atomic E-state index is -0.804. The zero-order valence-corrected chi connectivity index (χ0v) is 20.6. The zero-order chi connectivity index (χ0) is 25.8. The van der Waals surface area contributed by atoms with Crippen molar-refractivity contribution in [3.8, 4) is 0 Å². The van der Waals surface area contributed by atoms with E-state index in [1.54, 1.807) is 24.3 Å². The number of methoxy groups -OCH3 is 1. The fraction of sp³-hybridized carbons (Fsp3) is 0.500. The van der Waals surface area contributed by atoms with E-state index in [0.29, 0.717) is 24.2 Å². The summed E-state index contributed by atoms with van der Waals surface area (Å²) in [5.74, 6) is -1.49. The van der Waals surface area contributed by atoms with E-state index in [9.17, 15) is 19.2 Å². The third kappa shape index (κ3) is 7.44. The molecule has 0 unspecified atom stereocenters. The Balaban J connectivity index is 2.26. The van der Waals surface area contributed by atoms with Gasteiger partial charge in [0, 0.05) is 32.4 Å². The van der Waals surface area contributed by atoms with Crippen molar-refractivity contribution in [1.82, 2.24) is 9.55 Å². The smallest absolute Gasteiger partial charge is 0.340 e. The number of aromatic nitrogens is 2. The molecule has 0 saturated heterocycles. The number of nitrogens with one attached hydrogen (secondary N) is 2. The molecule has 0 atom stereocenters. The van der Waals surface area contributed by atoms with Gasteiger partial charge in [0.25, 0.3) is 11.5 Å². The Labute approximate surface area is 204 Å². The Morgan fingerprint density at radius 1 is 1.14 bits per heavy atom. The molecule has 11 nitrogen and oxygen atoms in total. The van der Waals surface area contributed by atoms with Crippen LogP contribution in [0.2, 0.25) is 0 Å². The summed E-state index contributed by atoms with van der Waals surface area (Å²) < 4.78 is 11.6. The first-order chi connectivity index (χ1) is 16.8. The molecule has 0 radical (unpaired) electrons. The third-order valence-electron chi connectivity index (χ3n) is 5.36. The lowest BCUT2D eigenvalue weighted by Crippen LogP contribution is -2.44. The third-order valence-corrected chi connectivity index (χ3v) is 5.36. The Morgan fingerprint density at radius 3 is 2.54 bits per heavy atom. The monoisotopic (exact) mass is 489 g/mol. The van der Waals surface area contributed by atoms with Gasteiger partial charge < -0.3 is 20.5 Å². The Morgan fingerprint density at radius 2 is 1.86 bits per heavy atom. The largest absolute Gasteiger partial charge is 0.452 e. The average molecular weight is 490 g/mol. The molecule has 11 heteroatoms. The molecule has 1 aromatic heterocycles. The van der Waals surface area contributed by atoms with Crippen LogP contribution in [-0.2, 0) is 20.8 Å². The van der Waals surface area contributed by atoms with Crippen molar-refractivity contribution in [1.29, 1.82) is 0 Å². The topological polar surface area (TPSA) is 149 Å². The lowest BCUT2D eigenvalue weighted by molar-refractivity contribution is -0.121. The van der Waals surface area contributed by atoms with Crippen LogP contribution in [0.1, 0.15) is 49.9 Å². The van der Waals surface area contributed by atoms with Crippen molar-refractivity contribution in [2.45, 2.75) is 46.1 Å².